The molecule has 1 aromatic heterocycles. The Labute approximate surface area is 108 Å². The summed E-state index contributed by atoms with van der Waals surface area (Å²) in [5.74, 6) is 0.828. The average Bonchev–Trinajstić information content (AvgIpc) is 2.45. The molecule has 0 saturated heterocycles. The fourth-order valence-corrected chi connectivity index (χ4v) is 1.32. The Morgan fingerprint density at radius 2 is 1.58 bits per heavy atom. The summed E-state index contributed by atoms with van der Waals surface area (Å²) in [4.78, 5) is 0. The maximum atomic E-state index is 9.87. The third-order valence-electron chi connectivity index (χ3n) is 2.02. The minimum atomic E-state index is -10.7. The van der Waals surface area contributed by atoms with Crippen molar-refractivity contribution in [1.82, 2.24) is 4.57 Å². The van der Waals surface area contributed by atoms with Crippen LogP contribution in [0.4, 0.5) is 25.2 Å². The Hall–Kier alpha value is -0.780. The van der Waals surface area contributed by atoms with Gasteiger partial charge in [-0.15, -0.1) is 0 Å². The zero-order valence-corrected chi connectivity index (χ0v) is 11.9. The molecule has 0 atom stereocenters. The predicted molar refractivity (Wildman–Crippen MR) is 63.2 cm³/mol. The number of hydrogen-bond acceptors (Lipinski definition) is 0. The molecule has 0 aliphatic heterocycles. The van der Waals surface area contributed by atoms with Crippen molar-refractivity contribution in [2.24, 2.45) is 13.0 Å². The number of halogens is 6. The zero-order valence-electron chi connectivity index (χ0n) is 11.0. The summed E-state index contributed by atoms with van der Waals surface area (Å²) in [6.07, 6.45) is 8.93. The van der Waals surface area contributed by atoms with E-state index in [0.717, 1.165) is 12.5 Å². The van der Waals surface area contributed by atoms with E-state index < -0.39 is 7.81 Å². The average molecular weight is 312 g/mol. The number of hydrogen-bond donors (Lipinski definition) is 0. The fraction of sp³-hybridized carbons (Fsp3) is 0.700. The van der Waals surface area contributed by atoms with E-state index in [4.69, 9.17) is 0 Å². The molecule has 0 aromatic carbocycles. The van der Waals surface area contributed by atoms with Crippen LogP contribution in [0.5, 0.6) is 0 Å². The second-order valence-electron chi connectivity index (χ2n) is 4.81. The first kappa shape index (κ1) is 18.2. The molecule has 9 heteroatoms. The molecule has 0 radical (unpaired) electrons. The number of aryl methyl sites for hydroxylation is 2. The Kier molecular flexibility index (Phi) is 5.09. The van der Waals surface area contributed by atoms with Crippen LogP contribution >= 0.6 is 7.81 Å². The van der Waals surface area contributed by atoms with Crippen molar-refractivity contribution in [2.75, 3.05) is 0 Å². The summed E-state index contributed by atoms with van der Waals surface area (Å²) in [6.45, 7) is 5.70. The van der Waals surface area contributed by atoms with Gasteiger partial charge in [0.2, 0.25) is 6.33 Å². The van der Waals surface area contributed by atoms with Crippen molar-refractivity contribution in [2.45, 2.75) is 33.2 Å². The molecule has 1 heterocycles. The Balaban J connectivity index is 0.000000399. The molecule has 1 aromatic rings. The standard InChI is InChI=1S/C10H19N2.F6P/c1-10(2)5-4-6-12-8-7-11(3)9-12;1-7(2,3,4,5)6/h7-10H,4-6H2,1-3H3;/q+1;-1. The molecule has 0 aliphatic rings. The minimum absolute atomic E-state index is 0.828. The summed E-state index contributed by atoms with van der Waals surface area (Å²) >= 11 is 0. The molecule has 0 N–H and O–H groups in total. The second-order valence-corrected chi connectivity index (χ2v) is 6.73. The molecular weight excluding hydrogens is 293 g/mol. The van der Waals surface area contributed by atoms with Gasteiger partial charge < -0.3 is 0 Å². The molecule has 0 unspecified atom stereocenters. The number of rotatable bonds is 4. The maximum absolute atomic E-state index is 10.7. The van der Waals surface area contributed by atoms with Gasteiger partial charge in [-0.3, -0.25) is 0 Å². The SMILES string of the molecule is CC(C)CCC[n+]1ccn(C)c1.F[P-](F)(F)(F)(F)F. The first-order chi connectivity index (χ1) is 8.13. The van der Waals surface area contributed by atoms with Crippen molar-refractivity contribution in [1.29, 1.82) is 0 Å². The van der Waals surface area contributed by atoms with Gasteiger partial charge in [-0.05, 0) is 18.8 Å². The third-order valence-corrected chi connectivity index (χ3v) is 2.02. The van der Waals surface area contributed by atoms with Gasteiger partial charge in [0.25, 0.3) is 0 Å². The normalized spacial score (nSPS) is 15.5. The van der Waals surface area contributed by atoms with Crippen LogP contribution in [0.15, 0.2) is 18.7 Å². The molecule has 0 saturated carbocycles. The van der Waals surface area contributed by atoms with Gasteiger partial charge in [0.15, 0.2) is 0 Å². The van der Waals surface area contributed by atoms with E-state index in [1.165, 1.54) is 12.8 Å². The Bertz CT molecular complexity index is 383. The monoisotopic (exact) mass is 312 g/mol. The summed E-state index contributed by atoms with van der Waals surface area (Å²) < 4.78 is 63.5. The van der Waals surface area contributed by atoms with Gasteiger partial charge in [-0.2, -0.15) is 0 Å². The first-order valence-electron chi connectivity index (χ1n) is 5.71. The summed E-state index contributed by atoms with van der Waals surface area (Å²) in [6, 6.07) is 0. The quantitative estimate of drug-likeness (QED) is 0.414. The first-order valence-corrected chi connectivity index (χ1v) is 7.74. The van der Waals surface area contributed by atoms with Gasteiger partial charge >= 0.3 is 33.0 Å². The van der Waals surface area contributed by atoms with Crippen molar-refractivity contribution in [3.8, 4) is 0 Å². The van der Waals surface area contributed by atoms with E-state index in [9.17, 15) is 25.2 Å². The van der Waals surface area contributed by atoms with Crippen molar-refractivity contribution in [3.63, 3.8) is 0 Å². The van der Waals surface area contributed by atoms with E-state index in [1.807, 2.05) is 0 Å². The molecule has 0 bridgehead atoms. The van der Waals surface area contributed by atoms with Crippen LogP contribution in [0.1, 0.15) is 26.7 Å². The van der Waals surface area contributed by atoms with Gasteiger partial charge in [0.1, 0.15) is 12.4 Å². The zero-order chi connectivity index (χ0) is 15.4. The molecule has 2 nitrogen and oxygen atoms in total. The van der Waals surface area contributed by atoms with Crippen molar-refractivity contribution >= 4 is 7.81 Å². The van der Waals surface area contributed by atoms with Gasteiger partial charge in [0.05, 0.1) is 13.6 Å². The number of imidazole rings is 1. The molecule has 0 fully saturated rings. The topological polar surface area (TPSA) is 8.81 Å². The van der Waals surface area contributed by atoms with Crippen molar-refractivity contribution < 1.29 is 29.7 Å². The van der Waals surface area contributed by atoms with Crippen LogP contribution in [0.3, 0.4) is 0 Å². The Morgan fingerprint density at radius 3 is 1.89 bits per heavy atom. The molecule has 1 rings (SSSR count). The number of aromatic nitrogens is 2. The molecule has 19 heavy (non-hydrogen) atoms. The number of nitrogens with zero attached hydrogens (tertiary/aromatic N) is 2. The van der Waals surface area contributed by atoms with E-state index in [-0.39, 0.29) is 0 Å². The van der Waals surface area contributed by atoms with E-state index >= 15 is 0 Å². The van der Waals surface area contributed by atoms with Crippen LogP contribution < -0.4 is 4.57 Å². The molecule has 0 spiro atoms. The molecular formula is C10H19F6N2P. The molecule has 0 amide bonds. The van der Waals surface area contributed by atoms with Gasteiger partial charge in [0, 0.05) is 0 Å². The van der Waals surface area contributed by atoms with Crippen LogP contribution in [0, 0.1) is 5.92 Å². The Morgan fingerprint density at radius 1 is 1.11 bits per heavy atom. The summed E-state index contributed by atoms with van der Waals surface area (Å²) in [5, 5.41) is 0. The van der Waals surface area contributed by atoms with Crippen molar-refractivity contribution in [3.05, 3.63) is 18.7 Å². The predicted octanol–water partition coefficient (Wildman–Crippen LogP) is 5.13. The van der Waals surface area contributed by atoms with Crippen LogP contribution in [0.2, 0.25) is 0 Å². The fourth-order valence-electron chi connectivity index (χ4n) is 1.32. The van der Waals surface area contributed by atoms with Crippen LogP contribution in [-0.2, 0) is 13.6 Å². The second kappa shape index (κ2) is 5.31. The summed E-state index contributed by atoms with van der Waals surface area (Å²) in [5.41, 5.74) is 0. The summed E-state index contributed by atoms with van der Waals surface area (Å²) in [7, 11) is -8.60. The molecule has 116 valence electrons. The van der Waals surface area contributed by atoms with E-state index in [1.54, 1.807) is 0 Å². The van der Waals surface area contributed by atoms with E-state index in [2.05, 4.69) is 48.8 Å². The van der Waals surface area contributed by atoms with E-state index in [0.29, 0.717) is 0 Å². The van der Waals surface area contributed by atoms with Crippen LogP contribution in [0.25, 0.3) is 0 Å². The molecule has 0 aliphatic carbocycles. The van der Waals surface area contributed by atoms with Crippen LogP contribution in [-0.4, -0.2) is 4.57 Å². The third kappa shape index (κ3) is 19.7. The van der Waals surface area contributed by atoms with Gasteiger partial charge in [-0.1, -0.05) is 13.8 Å². The van der Waals surface area contributed by atoms with Gasteiger partial charge in [-0.25, -0.2) is 9.13 Å².